The summed E-state index contributed by atoms with van der Waals surface area (Å²) in [6.45, 7) is 3.37. The van der Waals surface area contributed by atoms with Crippen molar-refractivity contribution in [2.24, 2.45) is 0 Å². The molecule has 1 atom stereocenters. The lowest BCUT2D eigenvalue weighted by Crippen LogP contribution is -2.17. The van der Waals surface area contributed by atoms with Gasteiger partial charge in [0.05, 0.1) is 21.8 Å². The van der Waals surface area contributed by atoms with Gasteiger partial charge in [0.2, 0.25) is 0 Å². The highest BCUT2D eigenvalue weighted by molar-refractivity contribution is 9.10. The molecule has 2 N–H and O–H groups in total. The minimum absolute atomic E-state index is 0.140. The molecule has 108 valence electrons. The number of anilines is 1. The van der Waals surface area contributed by atoms with Crippen molar-refractivity contribution in [2.45, 2.75) is 26.1 Å². The van der Waals surface area contributed by atoms with E-state index in [2.05, 4.69) is 21.0 Å². The molecule has 1 aromatic heterocycles. The molecular formula is C13H13BrF3N3. The first-order chi connectivity index (χ1) is 9.23. The number of halogens is 4. The summed E-state index contributed by atoms with van der Waals surface area (Å²) in [6, 6.07) is 4.83. The quantitative estimate of drug-likeness (QED) is 0.886. The average molecular weight is 348 g/mol. The van der Waals surface area contributed by atoms with Crippen LogP contribution in [0.25, 0.3) is 0 Å². The van der Waals surface area contributed by atoms with Gasteiger partial charge in [-0.2, -0.15) is 18.3 Å². The molecule has 0 aliphatic heterocycles. The van der Waals surface area contributed by atoms with E-state index in [0.29, 0.717) is 16.0 Å². The predicted molar refractivity (Wildman–Crippen MR) is 74.3 cm³/mol. The van der Waals surface area contributed by atoms with Crippen LogP contribution >= 0.6 is 15.9 Å². The third-order valence-corrected chi connectivity index (χ3v) is 4.11. The van der Waals surface area contributed by atoms with Crippen LogP contribution < -0.4 is 5.73 Å². The predicted octanol–water partition coefficient (Wildman–Crippen LogP) is 4.16. The van der Waals surface area contributed by atoms with Crippen molar-refractivity contribution in [3.05, 3.63) is 45.6 Å². The van der Waals surface area contributed by atoms with E-state index in [0.717, 1.165) is 6.07 Å². The van der Waals surface area contributed by atoms with Gasteiger partial charge in [-0.1, -0.05) is 18.2 Å². The normalized spacial score (nSPS) is 13.5. The summed E-state index contributed by atoms with van der Waals surface area (Å²) in [5.41, 5.74) is 5.98. The highest BCUT2D eigenvalue weighted by Crippen LogP contribution is 2.37. The van der Waals surface area contributed by atoms with Gasteiger partial charge in [-0.25, -0.2) is 4.68 Å². The molecular weight excluding hydrogens is 335 g/mol. The van der Waals surface area contributed by atoms with Crippen molar-refractivity contribution in [3.63, 3.8) is 0 Å². The summed E-state index contributed by atoms with van der Waals surface area (Å²) in [5, 5.41) is 4.19. The van der Waals surface area contributed by atoms with E-state index in [1.807, 2.05) is 0 Å². The molecule has 0 bridgehead atoms. The van der Waals surface area contributed by atoms with Crippen molar-refractivity contribution in [1.82, 2.24) is 9.78 Å². The van der Waals surface area contributed by atoms with Crippen molar-refractivity contribution in [3.8, 4) is 0 Å². The van der Waals surface area contributed by atoms with Crippen LogP contribution in [0.4, 0.5) is 19.0 Å². The largest absolute Gasteiger partial charge is 0.416 e. The first kappa shape index (κ1) is 14.9. The summed E-state index contributed by atoms with van der Waals surface area (Å²) in [7, 11) is 0. The molecule has 0 aliphatic carbocycles. The summed E-state index contributed by atoms with van der Waals surface area (Å²) >= 11 is 3.27. The van der Waals surface area contributed by atoms with E-state index in [1.54, 1.807) is 19.9 Å². The smallest absolute Gasteiger partial charge is 0.383 e. The van der Waals surface area contributed by atoms with Crippen LogP contribution in [0.2, 0.25) is 0 Å². The molecule has 2 aromatic rings. The maximum Gasteiger partial charge on any atom is 0.416 e. The monoisotopic (exact) mass is 347 g/mol. The fourth-order valence-corrected chi connectivity index (χ4v) is 2.35. The Bertz CT molecular complexity index is 634. The van der Waals surface area contributed by atoms with Gasteiger partial charge in [0.1, 0.15) is 5.82 Å². The van der Waals surface area contributed by atoms with Gasteiger partial charge in [-0.05, 0) is 41.4 Å². The summed E-state index contributed by atoms with van der Waals surface area (Å²) in [6.07, 6.45) is -4.40. The molecule has 0 spiro atoms. The maximum absolute atomic E-state index is 13.0. The minimum Gasteiger partial charge on any atom is -0.383 e. The van der Waals surface area contributed by atoms with Gasteiger partial charge in [-0.3, -0.25) is 0 Å². The number of rotatable bonds is 2. The molecule has 1 aromatic carbocycles. The van der Waals surface area contributed by atoms with E-state index in [4.69, 9.17) is 5.73 Å². The zero-order valence-corrected chi connectivity index (χ0v) is 12.5. The topological polar surface area (TPSA) is 43.8 Å². The summed E-state index contributed by atoms with van der Waals surface area (Å²) < 4.78 is 41.1. The molecule has 20 heavy (non-hydrogen) atoms. The lowest BCUT2D eigenvalue weighted by Gasteiger charge is -2.19. The van der Waals surface area contributed by atoms with Crippen LogP contribution in [-0.4, -0.2) is 9.78 Å². The number of aryl methyl sites for hydroxylation is 1. The van der Waals surface area contributed by atoms with Crippen LogP contribution in [-0.2, 0) is 6.18 Å². The second-order valence-corrected chi connectivity index (χ2v) is 5.28. The Labute approximate surface area is 122 Å². The minimum atomic E-state index is -4.40. The Hall–Kier alpha value is -1.50. The number of hydrogen-bond acceptors (Lipinski definition) is 2. The number of nitrogens with two attached hydrogens (primary N) is 1. The second-order valence-electron chi connectivity index (χ2n) is 4.49. The van der Waals surface area contributed by atoms with Crippen molar-refractivity contribution < 1.29 is 13.2 Å². The molecule has 0 aliphatic rings. The van der Waals surface area contributed by atoms with Crippen molar-refractivity contribution >= 4 is 21.7 Å². The van der Waals surface area contributed by atoms with Crippen molar-refractivity contribution in [2.75, 3.05) is 5.73 Å². The van der Waals surface area contributed by atoms with E-state index in [1.165, 1.54) is 16.8 Å². The SMILES string of the molecule is Cc1nn(C(C)c2ccccc2C(F)(F)F)c(N)c1Br. The molecule has 0 radical (unpaired) electrons. The van der Waals surface area contributed by atoms with Gasteiger partial charge in [-0.15, -0.1) is 0 Å². The average Bonchev–Trinajstić information content (AvgIpc) is 2.65. The zero-order chi connectivity index (χ0) is 15.1. The fraction of sp³-hybridized carbons (Fsp3) is 0.308. The van der Waals surface area contributed by atoms with E-state index < -0.39 is 17.8 Å². The zero-order valence-electron chi connectivity index (χ0n) is 10.9. The van der Waals surface area contributed by atoms with E-state index >= 15 is 0 Å². The molecule has 0 saturated heterocycles. The van der Waals surface area contributed by atoms with Crippen LogP contribution in [0.15, 0.2) is 28.7 Å². The first-order valence-corrected chi connectivity index (χ1v) is 6.69. The second kappa shape index (κ2) is 5.12. The van der Waals surface area contributed by atoms with Crippen LogP contribution in [0.5, 0.6) is 0 Å². The van der Waals surface area contributed by atoms with Gasteiger partial charge in [0.25, 0.3) is 0 Å². The Morgan fingerprint density at radius 1 is 1.30 bits per heavy atom. The maximum atomic E-state index is 13.0. The van der Waals surface area contributed by atoms with Gasteiger partial charge in [0, 0.05) is 0 Å². The first-order valence-electron chi connectivity index (χ1n) is 5.89. The Balaban J connectivity index is 2.54. The van der Waals surface area contributed by atoms with Crippen LogP contribution in [0.3, 0.4) is 0 Å². The summed E-state index contributed by atoms with van der Waals surface area (Å²) in [5.74, 6) is 0.312. The molecule has 0 amide bonds. The molecule has 2 rings (SSSR count). The lowest BCUT2D eigenvalue weighted by atomic mass is 10.0. The van der Waals surface area contributed by atoms with Crippen molar-refractivity contribution in [1.29, 1.82) is 0 Å². The molecule has 0 fully saturated rings. The number of aromatic nitrogens is 2. The Kier molecular flexibility index (Phi) is 3.82. The van der Waals surface area contributed by atoms with Gasteiger partial charge < -0.3 is 5.73 Å². The molecule has 1 heterocycles. The van der Waals surface area contributed by atoms with Crippen LogP contribution in [0.1, 0.15) is 29.8 Å². The number of nitrogen functional groups attached to an aromatic ring is 1. The van der Waals surface area contributed by atoms with E-state index in [9.17, 15) is 13.2 Å². The van der Waals surface area contributed by atoms with E-state index in [-0.39, 0.29) is 5.56 Å². The third-order valence-electron chi connectivity index (χ3n) is 3.13. The standard InChI is InChI=1S/C13H13BrF3N3/c1-7-11(14)12(18)20(19-7)8(2)9-5-3-4-6-10(9)13(15,16)17/h3-6,8H,18H2,1-2H3. The highest BCUT2D eigenvalue weighted by Gasteiger charge is 2.35. The number of nitrogens with zero attached hydrogens (tertiary/aromatic N) is 2. The highest BCUT2D eigenvalue weighted by atomic mass is 79.9. The molecule has 1 unspecified atom stereocenters. The molecule has 3 nitrogen and oxygen atoms in total. The number of hydrogen-bond donors (Lipinski definition) is 1. The lowest BCUT2D eigenvalue weighted by molar-refractivity contribution is -0.138. The van der Waals surface area contributed by atoms with Crippen LogP contribution in [0, 0.1) is 6.92 Å². The van der Waals surface area contributed by atoms with Gasteiger partial charge in [0.15, 0.2) is 0 Å². The number of alkyl halides is 3. The fourth-order valence-electron chi connectivity index (χ4n) is 2.09. The third kappa shape index (κ3) is 2.54. The molecule has 0 saturated carbocycles. The Morgan fingerprint density at radius 2 is 1.90 bits per heavy atom. The molecule has 7 heteroatoms. The Morgan fingerprint density at radius 3 is 2.40 bits per heavy atom. The number of benzene rings is 1. The van der Waals surface area contributed by atoms with Gasteiger partial charge >= 0.3 is 6.18 Å². The summed E-state index contributed by atoms with van der Waals surface area (Å²) in [4.78, 5) is 0.